The zero-order valence-corrected chi connectivity index (χ0v) is 30.6. The van der Waals surface area contributed by atoms with E-state index in [-0.39, 0.29) is 31.2 Å². The van der Waals surface area contributed by atoms with Gasteiger partial charge in [0.15, 0.2) is 0 Å². The molecule has 1 aromatic rings. The summed E-state index contributed by atoms with van der Waals surface area (Å²) >= 11 is 0. The zero-order valence-electron chi connectivity index (χ0n) is 29.8. The lowest BCUT2D eigenvalue weighted by molar-refractivity contribution is -0.143. The zero-order chi connectivity index (χ0) is 36.6. The van der Waals surface area contributed by atoms with Gasteiger partial charge in [-0.05, 0) is 74.0 Å². The minimum absolute atomic E-state index is 0.0164. The van der Waals surface area contributed by atoms with E-state index in [1.54, 1.807) is 4.90 Å². The molecular formula is C38H51N5O8S. The summed E-state index contributed by atoms with van der Waals surface area (Å²) in [6, 6.07) is 4.15. The molecule has 3 aliphatic heterocycles. The SMILES string of the molecule is C=C[C@@H]1C[C@]1(NC(=O)[C@@H]1C[C@@H]2CN1C(=O)[C@H](C1CCCCC1)NC(=O)CCCCCCc1cccc3c1CN(C3)C(=O)O2)C(=O)NS(=O)(=O)C1CC1. The lowest BCUT2D eigenvalue weighted by atomic mass is 9.83. The molecule has 3 saturated carbocycles. The van der Waals surface area contributed by atoms with Gasteiger partial charge in [-0.25, -0.2) is 13.2 Å². The highest BCUT2D eigenvalue weighted by atomic mass is 32.2. The van der Waals surface area contributed by atoms with Gasteiger partial charge < -0.3 is 20.3 Å². The Morgan fingerprint density at radius 1 is 0.942 bits per heavy atom. The van der Waals surface area contributed by atoms with Crippen molar-refractivity contribution in [2.45, 2.75) is 138 Å². The Kier molecular flexibility index (Phi) is 10.4. The molecule has 5 atom stereocenters. The van der Waals surface area contributed by atoms with Crippen LogP contribution in [0.4, 0.5) is 4.79 Å². The molecule has 0 aromatic heterocycles. The van der Waals surface area contributed by atoms with E-state index in [9.17, 15) is 32.4 Å². The monoisotopic (exact) mass is 737 g/mol. The highest BCUT2D eigenvalue weighted by Gasteiger charge is 2.62. The van der Waals surface area contributed by atoms with Gasteiger partial charge in [0.25, 0.3) is 5.91 Å². The lowest BCUT2D eigenvalue weighted by Gasteiger charge is -2.35. The number of sulfonamides is 1. The molecule has 4 bridgehead atoms. The van der Waals surface area contributed by atoms with Gasteiger partial charge >= 0.3 is 6.09 Å². The number of ether oxygens (including phenoxy) is 1. The van der Waals surface area contributed by atoms with Crippen molar-refractivity contribution in [3.8, 4) is 0 Å². The van der Waals surface area contributed by atoms with Crippen molar-refractivity contribution in [3.63, 3.8) is 0 Å². The maximum Gasteiger partial charge on any atom is 0.410 e. The molecule has 0 radical (unpaired) electrons. The van der Waals surface area contributed by atoms with Crippen LogP contribution in [0.1, 0.15) is 107 Å². The average Bonchev–Trinajstić information content (AvgIpc) is 4.02. The van der Waals surface area contributed by atoms with Crippen molar-refractivity contribution in [1.82, 2.24) is 25.2 Å². The van der Waals surface area contributed by atoms with Crippen LogP contribution >= 0.6 is 0 Å². The molecule has 3 heterocycles. The number of carbonyl (C=O) groups excluding carboxylic acids is 5. The van der Waals surface area contributed by atoms with Crippen molar-refractivity contribution in [2.24, 2.45) is 11.8 Å². The number of hydrogen-bond acceptors (Lipinski definition) is 8. The van der Waals surface area contributed by atoms with Crippen molar-refractivity contribution in [1.29, 1.82) is 0 Å². The summed E-state index contributed by atoms with van der Waals surface area (Å²) in [4.78, 5) is 72.4. The van der Waals surface area contributed by atoms with Gasteiger partial charge in [0, 0.05) is 31.8 Å². The molecule has 3 aliphatic carbocycles. The third-order valence-corrected chi connectivity index (χ3v) is 13.8. The molecule has 1 saturated heterocycles. The molecule has 52 heavy (non-hydrogen) atoms. The maximum absolute atomic E-state index is 14.6. The van der Waals surface area contributed by atoms with E-state index in [1.807, 2.05) is 12.1 Å². The van der Waals surface area contributed by atoms with Gasteiger partial charge in [0.05, 0.1) is 11.8 Å². The quantitative estimate of drug-likeness (QED) is 0.358. The summed E-state index contributed by atoms with van der Waals surface area (Å²) < 4.78 is 33.6. The van der Waals surface area contributed by atoms with Gasteiger partial charge in [-0.3, -0.25) is 28.8 Å². The van der Waals surface area contributed by atoms with Gasteiger partial charge in [0.2, 0.25) is 27.7 Å². The van der Waals surface area contributed by atoms with E-state index in [4.69, 9.17) is 4.74 Å². The van der Waals surface area contributed by atoms with Gasteiger partial charge in [-0.2, -0.15) is 0 Å². The predicted octanol–water partition coefficient (Wildman–Crippen LogP) is 3.35. The average molecular weight is 738 g/mol. The normalized spacial score (nSPS) is 30.3. The van der Waals surface area contributed by atoms with E-state index >= 15 is 0 Å². The molecular weight excluding hydrogens is 687 g/mol. The van der Waals surface area contributed by atoms with Crippen LogP contribution in [0, 0.1) is 11.8 Å². The first-order valence-corrected chi connectivity index (χ1v) is 20.7. The number of aryl methyl sites for hydroxylation is 1. The molecule has 1 aromatic carbocycles. The Labute approximate surface area is 305 Å². The van der Waals surface area contributed by atoms with Crippen LogP contribution in [0.5, 0.6) is 0 Å². The van der Waals surface area contributed by atoms with Crippen LogP contribution in [0.3, 0.4) is 0 Å². The standard InChI is InChI=1S/C38H51N5O8S/c1-2-27-20-38(27,36(47)41-52(49,50)29-17-18-29)40-34(45)31-19-28-22-43(31)35(46)33(25-12-7-5-8-13-25)39-32(44)16-9-4-3-6-11-24-14-10-15-26-21-42(23-30(24)26)37(48)51-28/h2,10,14-15,25,27-29,31,33H,1,3-9,11-13,16-23H2,(H,39,44)(H,40,45)(H,41,47)/t27-,28-,31+,33+,38-/m1/s1. The molecule has 7 rings (SSSR count). The summed E-state index contributed by atoms with van der Waals surface area (Å²) in [5, 5.41) is 5.22. The van der Waals surface area contributed by atoms with E-state index in [2.05, 4.69) is 28.0 Å². The van der Waals surface area contributed by atoms with Crippen LogP contribution in [0.15, 0.2) is 30.9 Å². The number of rotatable bonds is 7. The summed E-state index contributed by atoms with van der Waals surface area (Å²) in [5.74, 6) is -2.72. The van der Waals surface area contributed by atoms with Gasteiger partial charge in [-0.15, -0.1) is 6.58 Å². The molecule has 14 heteroatoms. The first kappa shape index (κ1) is 36.4. The molecule has 6 aliphatic rings. The van der Waals surface area contributed by atoms with Crippen molar-refractivity contribution in [3.05, 3.63) is 47.5 Å². The van der Waals surface area contributed by atoms with E-state index in [1.165, 1.54) is 16.5 Å². The van der Waals surface area contributed by atoms with Crippen LogP contribution in [-0.4, -0.2) is 83.5 Å². The molecule has 3 N–H and O–H groups in total. The molecule has 5 amide bonds. The third-order valence-electron chi connectivity index (χ3n) is 12.0. The number of benzene rings is 1. The number of fused-ring (bicyclic) bond motifs is 3. The van der Waals surface area contributed by atoms with Crippen LogP contribution in [-0.2, 0) is 53.4 Å². The third kappa shape index (κ3) is 7.58. The minimum atomic E-state index is -3.89. The number of carbonyl (C=O) groups is 5. The summed E-state index contributed by atoms with van der Waals surface area (Å²) in [7, 11) is -3.89. The highest BCUT2D eigenvalue weighted by Crippen LogP contribution is 2.45. The fourth-order valence-corrected chi connectivity index (χ4v) is 10.1. The smallest absolute Gasteiger partial charge is 0.410 e. The molecule has 282 valence electrons. The Balaban J connectivity index is 1.16. The first-order chi connectivity index (χ1) is 25.0. The fraction of sp³-hybridized carbons (Fsp3) is 0.658. The summed E-state index contributed by atoms with van der Waals surface area (Å²) in [6.45, 7) is 4.54. The van der Waals surface area contributed by atoms with Crippen LogP contribution in [0.25, 0.3) is 0 Å². The second-order valence-corrected chi connectivity index (χ2v) is 17.7. The predicted molar refractivity (Wildman–Crippen MR) is 191 cm³/mol. The second kappa shape index (κ2) is 14.8. The van der Waals surface area contributed by atoms with Crippen LogP contribution < -0.4 is 15.4 Å². The Bertz CT molecular complexity index is 1720. The number of nitrogens with zero attached hydrogens (tertiary/aromatic N) is 2. The second-order valence-electron chi connectivity index (χ2n) is 15.7. The van der Waals surface area contributed by atoms with Gasteiger partial charge in [-0.1, -0.05) is 56.4 Å². The fourth-order valence-electron chi connectivity index (χ4n) is 8.69. The Hall–Kier alpha value is -3.94. The molecule has 13 nitrogen and oxygen atoms in total. The summed E-state index contributed by atoms with van der Waals surface area (Å²) in [6.07, 6.45) is 10.3. The molecule has 0 unspecified atom stereocenters. The molecule has 0 spiro atoms. The number of amides is 5. The molecule has 4 fully saturated rings. The van der Waals surface area contributed by atoms with E-state index < -0.39 is 68.7 Å². The number of hydrogen-bond donors (Lipinski definition) is 3. The topological polar surface area (TPSA) is 171 Å². The Morgan fingerprint density at radius 3 is 2.37 bits per heavy atom. The highest BCUT2D eigenvalue weighted by molar-refractivity contribution is 7.91. The largest absolute Gasteiger partial charge is 0.444 e. The maximum atomic E-state index is 14.6. The van der Waals surface area contributed by atoms with E-state index in [0.29, 0.717) is 38.8 Å². The summed E-state index contributed by atoms with van der Waals surface area (Å²) in [5.41, 5.74) is 1.87. The number of nitrogens with one attached hydrogen (secondary N) is 3. The van der Waals surface area contributed by atoms with Crippen molar-refractivity contribution >= 4 is 39.7 Å². The van der Waals surface area contributed by atoms with E-state index in [0.717, 1.165) is 68.9 Å². The Morgan fingerprint density at radius 2 is 1.65 bits per heavy atom. The van der Waals surface area contributed by atoms with Crippen molar-refractivity contribution < 1.29 is 37.1 Å². The lowest BCUT2D eigenvalue weighted by Crippen LogP contribution is -2.59. The first-order valence-electron chi connectivity index (χ1n) is 19.1. The minimum Gasteiger partial charge on any atom is -0.444 e. The van der Waals surface area contributed by atoms with Crippen LogP contribution in [0.2, 0.25) is 0 Å². The van der Waals surface area contributed by atoms with Gasteiger partial charge in [0.1, 0.15) is 23.7 Å². The van der Waals surface area contributed by atoms with Crippen molar-refractivity contribution in [2.75, 3.05) is 6.54 Å².